The van der Waals surface area contributed by atoms with Crippen LogP contribution in [0.25, 0.3) is 0 Å². The lowest BCUT2D eigenvalue weighted by atomic mass is 10.1. The van der Waals surface area contributed by atoms with E-state index in [9.17, 15) is 5.11 Å². The van der Waals surface area contributed by atoms with Gasteiger partial charge in [0.1, 0.15) is 6.10 Å². The zero-order valence-electron chi connectivity index (χ0n) is 17.4. The average Bonchev–Trinajstić information content (AvgIpc) is 3.12. The topological polar surface area (TPSA) is 38.7 Å². The van der Waals surface area contributed by atoms with Gasteiger partial charge in [-0.1, -0.05) is 91.0 Å². The van der Waals surface area contributed by atoms with Crippen molar-refractivity contribution in [3.05, 3.63) is 108 Å². The molecule has 3 aromatic rings. The molecule has 0 unspecified atom stereocenters. The van der Waals surface area contributed by atoms with E-state index in [4.69, 9.17) is 9.47 Å². The Morgan fingerprint density at radius 1 is 0.742 bits per heavy atom. The van der Waals surface area contributed by atoms with Gasteiger partial charge in [0.05, 0.1) is 35.8 Å². The molecule has 31 heavy (non-hydrogen) atoms. The Bertz CT molecular complexity index is 892. The van der Waals surface area contributed by atoms with Gasteiger partial charge in [0.15, 0.2) is 0 Å². The smallest absolute Gasteiger partial charge is 0.102 e. The van der Waals surface area contributed by atoms with E-state index in [0.29, 0.717) is 19.8 Å². The Kier molecular flexibility index (Phi) is 8.50. The molecule has 1 N–H and O–H groups in total. The van der Waals surface area contributed by atoms with Crippen LogP contribution in [0, 0.1) is 0 Å². The fourth-order valence-corrected chi connectivity index (χ4v) is 6.65. The molecule has 4 atom stereocenters. The van der Waals surface area contributed by atoms with Gasteiger partial charge in [-0.25, -0.2) is 0 Å². The third-order valence-electron chi connectivity index (χ3n) is 5.23. The number of aliphatic hydroxyl groups excluding tert-OH is 1. The van der Waals surface area contributed by atoms with Crippen LogP contribution in [-0.4, -0.2) is 33.8 Å². The summed E-state index contributed by atoms with van der Waals surface area (Å²) < 4.78 is 12.3. The first kappa shape index (κ1) is 22.4. The number of hydrogen-bond donors (Lipinski definition) is 1. The summed E-state index contributed by atoms with van der Waals surface area (Å²) in [4.78, 5) is 0. The molecule has 4 rings (SSSR count). The molecular weight excluding hydrogens is 424 g/mol. The Morgan fingerprint density at radius 2 is 1.29 bits per heavy atom. The highest BCUT2D eigenvalue weighted by molar-refractivity contribution is 8.17. The molecule has 1 heterocycles. The zero-order chi connectivity index (χ0) is 21.3. The summed E-state index contributed by atoms with van der Waals surface area (Å²) in [5.74, 6) is 0.874. The van der Waals surface area contributed by atoms with Crippen LogP contribution < -0.4 is 0 Å². The third kappa shape index (κ3) is 6.61. The number of hydrogen-bond acceptors (Lipinski definition) is 5. The first-order valence-electron chi connectivity index (χ1n) is 10.6. The highest BCUT2D eigenvalue weighted by Crippen LogP contribution is 2.43. The van der Waals surface area contributed by atoms with Gasteiger partial charge in [-0.15, -0.1) is 23.5 Å². The lowest BCUT2D eigenvalue weighted by Gasteiger charge is -2.22. The molecular formula is C26H28O3S2. The van der Waals surface area contributed by atoms with Crippen LogP contribution in [0.15, 0.2) is 91.0 Å². The van der Waals surface area contributed by atoms with Gasteiger partial charge in [0.25, 0.3) is 0 Å². The van der Waals surface area contributed by atoms with Crippen LogP contribution in [0.5, 0.6) is 0 Å². The molecule has 3 aromatic carbocycles. The Labute approximate surface area is 193 Å². The van der Waals surface area contributed by atoms with Gasteiger partial charge in [-0.3, -0.25) is 0 Å². The Morgan fingerprint density at radius 3 is 1.90 bits per heavy atom. The highest BCUT2D eigenvalue weighted by Gasteiger charge is 2.44. The third-order valence-corrected chi connectivity index (χ3v) is 8.38. The zero-order valence-corrected chi connectivity index (χ0v) is 19.0. The number of thioether (sulfide) groups is 2. The molecule has 0 bridgehead atoms. The summed E-state index contributed by atoms with van der Waals surface area (Å²) in [6.45, 7) is 1.62. The van der Waals surface area contributed by atoms with Crippen molar-refractivity contribution in [1.82, 2.24) is 0 Å². The Balaban J connectivity index is 1.36. The van der Waals surface area contributed by atoms with Gasteiger partial charge in [-0.2, -0.15) is 0 Å². The quantitative estimate of drug-likeness (QED) is 0.438. The average molecular weight is 453 g/mol. The summed E-state index contributed by atoms with van der Waals surface area (Å²) in [5.41, 5.74) is 3.54. The van der Waals surface area contributed by atoms with Crippen LogP contribution in [0.3, 0.4) is 0 Å². The number of aliphatic hydroxyl groups is 1. The predicted octanol–water partition coefficient (Wildman–Crippen LogP) is 5.52. The van der Waals surface area contributed by atoms with E-state index in [2.05, 4.69) is 48.5 Å². The van der Waals surface area contributed by atoms with Crippen molar-refractivity contribution < 1.29 is 14.6 Å². The van der Waals surface area contributed by atoms with Gasteiger partial charge in [0, 0.05) is 5.75 Å². The van der Waals surface area contributed by atoms with Crippen molar-refractivity contribution in [3.8, 4) is 0 Å². The molecule has 3 nitrogen and oxygen atoms in total. The molecule has 0 aromatic heterocycles. The van der Waals surface area contributed by atoms with Crippen LogP contribution in [-0.2, 0) is 28.4 Å². The van der Waals surface area contributed by atoms with Crippen LogP contribution in [0.4, 0.5) is 0 Å². The van der Waals surface area contributed by atoms with Gasteiger partial charge >= 0.3 is 0 Å². The van der Waals surface area contributed by atoms with Crippen LogP contribution in [0.1, 0.15) is 16.7 Å². The lowest BCUT2D eigenvalue weighted by Crippen LogP contribution is -2.36. The van der Waals surface area contributed by atoms with E-state index in [0.717, 1.165) is 16.9 Å². The predicted molar refractivity (Wildman–Crippen MR) is 130 cm³/mol. The molecule has 1 saturated heterocycles. The molecule has 0 aliphatic carbocycles. The van der Waals surface area contributed by atoms with E-state index < -0.39 is 6.10 Å². The minimum absolute atomic E-state index is 0.0614. The monoisotopic (exact) mass is 452 g/mol. The van der Waals surface area contributed by atoms with E-state index in [1.807, 2.05) is 42.5 Å². The van der Waals surface area contributed by atoms with E-state index >= 15 is 0 Å². The minimum atomic E-state index is -0.534. The molecule has 0 amide bonds. The molecule has 0 saturated carbocycles. The first-order chi connectivity index (χ1) is 15.3. The maximum Gasteiger partial charge on any atom is 0.102 e. The van der Waals surface area contributed by atoms with E-state index in [1.165, 1.54) is 5.56 Å². The largest absolute Gasteiger partial charge is 0.388 e. The van der Waals surface area contributed by atoms with E-state index in [1.54, 1.807) is 23.5 Å². The summed E-state index contributed by atoms with van der Waals surface area (Å²) >= 11 is 3.56. The van der Waals surface area contributed by atoms with Crippen molar-refractivity contribution in [2.45, 2.75) is 41.0 Å². The second-order valence-corrected chi connectivity index (χ2v) is 10.4. The Hall–Kier alpha value is -1.76. The molecule has 1 aliphatic heterocycles. The number of benzene rings is 3. The molecule has 0 spiro atoms. The van der Waals surface area contributed by atoms with Crippen LogP contribution in [0.2, 0.25) is 0 Å². The van der Waals surface area contributed by atoms with Crippen molar-refractivity contribution in [3.63, 3.8) is 0 Å². The summed E-state index contributed by atoms with van der Waals surface area (Å²) in [6, 6.07) is 30.7. The van der Waals surface area contributed by atoms with Gasteiger partial charge < -0.3 is 14.6 Å². The van der Waals surface area contributed by atoms with Gasteiger partial charge in [-0.05, 0) is 16.7 Å². The molecule has 5 heteroatoms. The molecule has 162 valence electrons. The SMILES string of the molecule is O[C@H]1[C@H](SCc2ccccc2)S[C@@H](COCc2ccccc2)[C@@H]1OCc1ccccc1. The fourth-order valence-electron chi connectivity index (χ4n) is 3.57. The van der Waals surface area contributed by atoms with Crippen molar-refractivity contribution in [2.24, 2.45) is 0 Å². The van der Waals surface area contributed by atoms with Gasteiger partial charge in [0.2, 0.25) is 0 Å². The minimum Gasteiger partial charge on any atom is -0.388 e. The summed E-state index contributed by atoms with van der Waals surface area (Å²) in [7, 11) is 0. The summed E-state index contributed by atoms with van der Waals surface area (Å²) in [5, 5.41) is 11.2. The normalized spacial score (nSPS) is 23.1. The molecule has 1 aliphatic rings. The van der Waals surface area contributed by atoms with Crippen LogP contribution >= 0.6 is 23.5 Å². The number of rotatable bonds is 10. The maximum absolute atomic E-state index is 11.1. The molecule has 0 radical (unpaired) electrons. The molecule has 1 fully saturated rings. The maximum atomic E-state index is 11.1. The summed E-state index contributed by atoms with van der Waals surface area (Å²) in [6.07, 6.45) is -0.790. The fraction of sp³-hybridized carbons (Fsp3) is 0.308. The standard InChI is InChI=1S/C26H28O3S2/c27-24-25(29-17-21-12-6-2-7-13-21)23(18-28-16-20-10-4-1-5-11-20)31-26(24)30-19-22-14-8-3-9-15-22/h1-15,23-27H,16-19H2/t23-,24+,25-,26+/m0/s1. The lowest BCUT2D eigenvalue weighted by molar-refractivity contribution is -0.0444. The second-order valence-electron chi connectivity index (χ2n) is 7.59. The van der Waals surface area contributed by atoms with Crippen molar-refractivity contribution in [2.75, 3.05) is 6.61 Å². The second kappa shape index (κ2) is 11.7. The first-order valence-corrected chi connectivity index (χ1v) is 12.5. The van der Waals surface area contributed by atoms with Crippen molar-refractivity contribution in [1.29, 1.82) is 0 Å². The highest BCUT2D eigenvalue weighted by atomic mass is 32.2. The van der Waals surface area contributed by atoms with E-state index in [-0.39, 0.29) is 15.9 Å². The number of ether oxygens (including phenoxy) is 2. The van der Waals surface area contributed by atoms with Crippen molar-refractivity contribution >= 4 is 23.5 Å².